The predicted octanol–water partition coefficient (Wildman–Crippen LogP) is 8.21. The summed E-state index contributed by atoms with van der Waals surface area (Å²) < 4.78 is 19.0. The third-order valence-electron chi connectivity index (χ3n) is 8.91. The van der Waals surface area contributed by atoms with Crippen LogP contribution in [0.4, 0.5) is 10.1 Å². The maximum absolute atomic E-state index is 13.3. The lowest BCUT2D eigenvalue weighted by atomic mass is 9.79. The topological polar surface area (TPSA) is 78.9 Å². The van der Waals surface area contributed by atoms with Gasteiger partial charge in [-0.1, -0.05) is 70.4 Å². The molecule has 5 rings (SSSR count). The highest BCUT2D eigenvalue weighted by Crippen LogP contribution is 2.45. The Kier molecular flexibility index (Phi) is 12.7. The van der Waals surface area contributed by atoms with Crippen molar-refractivity contribution in [1.29, 1.82) is 0 Å². The van der Waals surface area contributed by atoms with Crippen LogP contribution >= 0.6 is 0 Å². The molecule has 0 spiro atoms. The van der Waals surface area contributed by atoms with E-state index >= 15 is 0 Å². The van der Waals surface area contributed by atoms with Gasteiger partial charge in [-0.25, -0.2) is 4.39 Å². The van der Waals surface area contributed by atoms with Gasteiger partial charge < -0.3 is 20.1 Å². The van der Waals surface area contributed by atoms with Gasteiger partial charge in [0.1, 0.15) is 11.6 Å². The molecule has 0 aromatic heterocycles. The molecule has 2 atom stereocenters. The maximum Gasteiger partial charge on any atom is 0.303 e. The van der Waals surface area contributed by atoms with E-state index in [1.54, 1.807) is 17.0 Å². The molecule has 230 valence electrons. The molecule has 2 unspecified atom stereocenters. The summed E-state index contributed by atoms with van der Waals surface area (Å²) >= 11 is 0. The zero-order valence-corrected chi connectivity index (χ0v) is 25.2. The Morgan fingerprint density at radius 2 is 1.50 bits per heavy atom. The molecule has 0 radical (unpaired) electrons. The Hall–Kier alpha value is -2.93. The fourth-order valence-corrected chi connectivity index (χ4v) is 6.55. The first-order valence-electron chi connectivity index (χ1n) is 16.3. The predicted molar refractivity (Wildman–Crippen MR) is 165 cm³/mol. The number of carboxylic acid groups (broad SMARTS) is 1. The normalized spacial score (nSPS) is 21.3. The average molecular weight is 581 g/mol. The van der Waals surface area contributed by atoms with E-state index < -0.39 is 11.9 Å². The van der Waals surface area contributed by atoms with Gasteiger partial charge in [-0.2, -0.15) is 0 Å². The Morgan fingerprint density at radius 1 is 0.905 bits per heavy atom. The molecule has 7 heteroatoms. The SMILES string of the molecule is C1CCC(NC2CCCCC2)CC1.CCCCCOc1ccc(C2C(CCC(=O)O)C(=O)N2c2ccc(F)cc2)cc1. The summed E-state index contributed by atoms with van der Waals surface area (Å²) in [6.45, 7) is 2.81. The number of aliphatic carboxylic acids is 1. The zero-order chi connectivity index (χ0) is 29.7. The first kappa shape index (κ1) is 32.0. The summed E-state index contributed by atoms with van der Waals surface area (Å²) in [5, 5.41) is 12.9. The van der Waals surface area contributed by atoms with Gasteiger partial charge >= 0.3 is 5.97 Å². The second kappa shape index (κ2) is 16.6. The maximum atomic E-state index is 13.3. The van der Waals surface area contributed by atoms with Crippen molar-refractivity contribution in [3.05, 3.63) is 59.9 Å². The van der Waals surface area contributed by atoms with Crippen molar-refractivity contribution in [2.24, 2.45) is 5.92 Å². The Labute approximate surface area is 251 Å². The molecule has 3 aliphatic rings. The van der Waals surface area contributed by atoms with Crippen LogP contribution in [-0.2, 0) is 9.59 Å². The van der Waals surface area contributed by atoms with Crippen molar-refractivity contribution in [3.63, 3.8) is 0 Å². The number of carboxylic acids is 1. The van der Waals surface area contributed by atoms with E-state index in [1.165, 1.54) is 76.3 Å². The van der Waals surface area contributed by atoms with Gasteiger partial charge in [0.05, 0.1) is 18.6 Å². The lowest BCUT2D eigenvalue weighted by molar-refractivity contribution is -0.138. The number of benzene rings is 2. The third kappa shape index (κ3) is 9.29. The number of unbranched alkanes of at least 4 members (excludes halogenated alkanes) is 2. The smallest absolute Gasteiger partial charge is 0.303 e. The van der Waals surface area contributed by atoms with Gasteiger partial charge in [0.15, 0.2) is 0 Å². The summed E-state index contributed by atoms with van der Waals surface area (Å²) in [7, 11) is 0. The fraction of sp³-hybridized carbons (Fsp3) is 0.600. The van der Waals surface area contributed by atoms with E-state index in [9.17, 15) is 14.0 Å². The van der Waals surface area contributed by atoms with E-state index in [0.29, 0.717) is 12.3 Å². The molecule has 2 saturated carbocycles. The molecule has 2 aromatic carbocycles. The number of halogens is 1. The van der Waals surface area contributed by atoms with E-state index in [1.807, 2.05) is 24.3 Å². The van der Waals surface area contributed by atoms with Crippen LogP contribution in [0.2, 0.25) is 0 Å². The monoisotopic (exact) mass is 580 g/mol. The number of anilines is 1. The van der Waals surface area contributed by atoms with Crippen LogP contribution in [0, 0.1) is 11.7 Å². The molecule has 42 heavy (non-hydrogen) atoms. The van der Waals surface area contributed by atoms with E-state index in [2.05, 4.69) is 12.2 Å². The molecule has 2 aromatic rings. The van der Waals surface area contributed by atoms with Crippen LogP contribution in [0.25, 0.3) is 0 Å². The van der Waals surface area contributed by atoms with Crippen molar-refractivity contribution in [2.45, 2.75) is 121 Å². The molecule has 1 heterocycles. The average Bonchev–Trinajstić information content (AvgIpc) is 3.01. The third-order valence-corrected chi connectivity index (χ3v) is 8.91. The number of amides is 1. The highest BCUT2D eigenvalue weighted by atomic mass is 19.1. The minimum Gasteiger partial charge on any atom is -0.494 e. The highest BCUT2D eigenvalue weighted by molar-refractivity contribution is 6.03. The van der Waals surface area contributed by atoms with Crippen molar-refractivity contribution in [1.82, 2.24) is 5.32 Å². The van der Waals surface area contributed by atoms with Crippen molar-refractivity contribution in [2.75, 3.05) is 11.5 Å². The number of rotatable bonds is 12. The molecule has 1 amide bonds. The Balaban J connectivity index is 0.000000258. The number of nitrogens with one attached hydrogen (secondary N) is 1. The van der Waals surface area contributed by atoms with Crippen molar-refractivity contribution >= 4 is 17.6 Å². The van der Waals surface area contributed by atoms with Crippen LogP contribution in [0.1, 0.15) is 115 Å². The summed E-state index contributed by atoms with van der Waals surface area (Å²) in [6, 6.07) is 14.8. The Morgan fingerprint density at radius 3 is 2.05 bits per heavy atom. The lowest BCUT2D eigenvalue weighted by Crippen LogP contribution is -2.55. The number of carbonyl (C=O) groups is 2. The fourth-order valence-electron chi connectivity index (χ4n) is 6.55. The summed E-state index contributed by atoms with van der Waals surface area (Å²) in [4.78, 5) is 25.3. The van der Waals surface area contributed by atoms with Gasteiger partial charge in [-0.3, -0.25) is 9.59 Å². The first-order valence-corrected chi connectivity index (χ1v) is 16.3. The van der Waals surface area contributed by atoms with Crippen LogP contribution in [0.5, 0.6) is 5.75 Å². The van der Waals surface area contributed by atoms with Crippen LogP contribution in [-0.4, -0.2) is 35.7 Å². The minimum absolute atomic E-state index is 0.0667. The van der Waals surface area contributed by atoms with Gasteiger partial charge in [0.2, 0.25) is 5.91 Å². The van der Waals surface area contributed by atoms with E-state index in [4.69, 9.17) is 9.84 Å². The highest BCUT2D eigenvalue weighted by Gasteiger charge is 2.48. The van der Waals surface area contributed by atoms with Crippen LogP contribution in [0.3, 0.4) is 0 Å². The van der Waals surface area contributed by atoms with Gasteiger partial charge in [0.25, 0.3) is 0 Å². The van der Waals surface area contributed by atoms with Crippen molar-refractivity contribution in [3.8, 4) is 5.75 Å². The number of carbonyl (C=O) groups excluding carboxylic acids is 1. The number of nitrogens with zero attached hydrogens (tertiary/aromatic N) is 1. The van der Waals surface area contributed by atoms with Crippen LogP contribution in [0.15, 0.2) is 48.5 Å². The van der Waals surface area contributed by atoms with Crippen molar-refractivity contribution < 1.29 is 23.8 Å². The second-order valence-corrected chi connectivity index (χ2v) is 12.1. The molecule has 2 N–H and O–H groups in total. The quantitative estimate of drug-likeness (QED) is 0.195. The molecule has 6 nitrogen and oxygen atoms in total. The van der Waals surface area contributed by atoms with Gasteiger partial charge in [-0.05, 0) is 80.5 Å². The summed E-state index contributed by atoms with van der Waals surface area (Å²) in [5.41, 5.74) is 1.51. The standard InChI is InChI=1S/C23H26FNO4.C12H23N/c1-2-3-4-15-29-19-11-5-16(6-12-19)22-20(13-14-21(26)27)23(28)25(22)18-9-7-17(24)8-10-18;1-3-7-11(8-4-1)13-12-9-5-2-6-10-12/h5-12,20,22H,2-4,13-15H2,1H3,(H,26,27);11-13H,1-10H2. The zero-order valence-electron chi connectivity index (χ0n) is 25.2. The van der Waals surface area contributed by atoms with E-state index in [-0.39, 0.29) is 30.6 Å². The molecular formula is C35H49FN2O4. The summed E-state index contributed by atoms with van der Waals surface area (Å²) in [5.74, 6) is -1.07. The number of hydrogen-bond acceptors (Lipinski definition) is 4. The molecule has 2 aliphatic carbocycles. The van der Waals surface area contributed by atoms with Gasteiger partial charge in [0, 0.05) is 24.2 Å². The largest absolute Gasteiger partial charge is 0.494 e. The molecule has 1 aliphatic heterocycles. The Bertz CT molecular complexity index is 1080. The molecule has 1 saturated heterocycles. The minimum atomic E-state index is -0.924. The molecule has 3 fully saturated rings. The van der Waals surface area contributed by atoms with E-state index in [0.717, 1.165) is 42.7 Å². The molecule has 0 bridgehead atoms. The summed E-state index contributed by atoms with van der Waals surface area (Å²) in [6.07, 6.45) is 18.0. The van der Waals surface area contributed by atoms with Crippen LogP contribution < -0.4 is 15.0 Å². The number of ether oxygens (including phenoxy) is 1. The number of hydrogen-bond donors (Lipinski definition) is 2. The first-order chi connectivity index (χ1) is 20.5. The van der Waals surface area contributed by atoms with Gasteiger partial charge in [-0.15, -0.1) is 0 Å². The molecular weight excluding hydrogens is 531 g/mol. The second-order valence-electron chi connectivity index (χ2n) is 12.1. The lowest BCUT2D eigenvalue weighted by Gasteiger charge is -2.47. The number of β-lactam (4-membered cyclic amide) rings is 1.